The van der Waals surface area contributed by atoms with Gasteiger partial charge in [-0.25, -0.2) is 4.79 Å². The minimum absolute atomic E-state index is 0.141. The van der Waals surface area contributed by atoms with Crippen molar-refractivity contribution in [2.75, 3.05) is 33.0 Å². The van der Waals surface area contributed by atoms with Gasteiger partial charge >= 0.3 is 6.09 Å². The van der Waals surface area contributed by atoms with Gasteiger partial charge in [-0.3, -0.25) is 4.90 Å². The second kappa shape index (κ2) is 6.47. The molecule has 6 heteroatoms. The Morgan fingerprint density at radius 1 is 1.50 bits per heavy atom. The van der Waals surface area contributed by atoms with Gasteiger partial charge in [0.15, 0.2) is 0 Å². The number of likely N-dealkylation sites (tertiary alicyclic amines) is 1. The van der Waals surface area contributed by atoms with E-state index >= 15 is 0 Å². The fourth-order valence-corrected chi connectivity index (χ4v) is 2.45. The number of hydrogen-bond acceptors (Lipinski definition) is 5. The molecule has 2 rings (SSSR count). The number of anilines is 1. The zero-order valence-electron chi connectivity index (χ0n) is 11.9. The minimum atomic E-state index is -0.373. The van der Waals surface area contributed by atoms with E-state index < -0.39 is 0 Å². The first-order valence-electron chi connectivity index (χ1n) is 6.61. The molecule has 1 heterocycles. The minimum Gasteiger partial charge on any atom is -0.496 e. The summed E-state index contributed by atoms with van der Waals surface area (Å²) < 4.78 is 9.96. The Balaban J connectivity index is 1.93. The van der Waals surface area contributed by atoms with Gasteiger partial charge in [-0.2, -0.15) is 0 Å². The van der Waals surface area contributed by atoms with Crippen LogP contribution in [0.5, 0.6) is 5.75 Å². The molecular weight excluding hydrogens is 258 g/mol. The maximum absolute atomic E-state index is 11.2. The highest BCUT2D eigenvalue weighted by atomic mass is 16.5. The monoisotopic (exact) mass is 279 g/mol. The Morgan fingerprint density at radius 2 is 2.30 bits per heavy atom. The van der Waals surface area contributed by atoms with E-state index in [1.807, 2.05) is 18.2 Å². The third kappa shape index (κ3) is 3.54. The highest BCUT2D eigenvalue weighted by molar-refractivity contribution is 5.67. The quantitative estimate of drug-likeness (QED) is 0.810. The van der Waals surface area contributed by atoms with Gasteiger partial charge in [0.05, 0.1) is 14.2 Å². The summed E-state index contributed by atoms with van der Waals surface area (Å²) in [5.41, 5.74) is 7.54. The molecule has 0 aliphatic carbocycles. The number of benzene rings is 1. The molecule has 110 valence electrons. The lowest BCUT2D eigenvalue weighted by Gasteiger charge is -2.18. The molecule has 1 aromatic carbocycles. The van der Waals surface area contributed by atoms with Crippen molar-refractivity contribution in [3.63, 3.8) is 0 Å². The molecule has 3 N–H and O–H groups in total. The van der Waals surface area contributed by atoms with Gasteiger partial charge < -0.3 is 20.5 Å². The average molecular weight is 279 g/mol. The van der Waals surface area contributed by atoms with Gasteiger partial charge in [-0.1, -0.05) is 6.07 Å². The number of nitrogens with one attached hydrogen (secondary N) is 1. The number of ether oxygens (including phenoxy) is 2. The summed E-state index contributed by atoms with van der Waals surface area (Å²) in [7, 11) is 3.02. The number of nitrogen functional groups attached to an aromatic ring is 1. The van der Waals surface area contributed by atoms with Crippen LogP contribution in [0.1, 0.15) is 12.0 Å². The van der Waals surface area contributed by atoms with Crippen LogP contribution in [-0.2, 0) is 11.3 Å². The van der Waals surface area contributed by atoms with Gasteiger partial charge in [-0.15, -0.1) is 0 Å². The van der Waals surface area contributed by atoms with Crippen LogP contribution < -0.4 is 15.8 Å². The topological polar surface area (TPSA) is 76.8 Å². The maximum Gasteiger partial charge on any atom is 0.407 e. The van der Waals surface area contributed by atoms with E-state index in [1.54, 1.807) is 7.11 Å². The van der Waals surface area contributed by atoms with Crippen molar-refractivity contribution in [1.29, 1.82) is 0 Å². The Kier molecular flexibility index (Phi) is 4.68. The Labute approximate surface area is 118 Å². The van der Waals surface area contributed by atoms with E-state index in [4.69, 9.17) is 10.5 Å². The highest BCUT2D eigenvalue weighted by Gasteiger charge is 2.24. The molecule has 0 saturated carbocycles. The number of nitrogens with zero attached hydrogens (tertiary/aromatic N) is 1. The zero-order valence-corrected chi connectivity index (χ0v) is 11.9. The molecule has 1 aromatic rings. The molecule has 1 fully saturated rings. The van der Waals surface area contributed by atoms with Crippen LogP contribution in [0.2, 0.25) is 0 Å². The van der Waals surface area contributed by atoms with E-state index in [0.29, 0.717) is 5.69 Å². The Hall–Kier alpha value is -1.95. The molecule has 1 unspecified atom stereocenters. The number of rotatable bonds is 4. The average Bonchev–Trinajstić information content (AvgIpc) is 2.87. The predicted octanol–water partition coefficient (Wildman–Crippen LogP) is 1.21. The van der Waals surface area contributed by atoms with E-state index in [9.17, 15) is 4.79 Å². The van der Waals surface area contributed by atoms with Crippen LogP contribution in [0, 0.1) is 0 Å². The molecule has 6 nitrogen and oxygen atoms in total. The largest absolute Gasteiger partial charge is 0.496 e. The molecule has 0 aromatic heterocycles. The maximum atomic E-state index is 11.2. The number of amides is 1. The van der Waals surface area contributed by atoms with Crippen LogP contribution in [0.3, 0.4) is 0 Å². The van der Waals surface area contributed by atoms with Crippen LogP contribution in [0.15, 0.2) is 18.2 Å². The first-order valence-corrected chi connectivity index (χ1v) is 6.61. The summed E-state index contributed by atoms with van der Waals surface area (Å²) in [4.78, 5) is 13.5. The van der Waals surface area contributed by atoms with Crippen LogP contribution in [-0.4, -0.2) is 44.3 Å². The number of carbonyl (C=O) groups is 1. The summed E-state index contributed by atoms with van der Waals surface area (Å²) >= 11 is 0. The first-order chi connectivity index (χ1) is 9.62. The normalized spacial score (nSPS) is 18.8. The van der Waals surface area contributed by atoms with Crippen molar-refractivity contribution in [2.24, 2.45) is 0 Å². The van der Waals surface area contributed by atoms with E-state index in [-0.39, 0.29) is 12.1 Å². The third-order valence-electron chi connectivity index (χ3n) is 3.48. The van der Waals surface area contributed by atoms with Crippen molar-refractivity contribution in [3.8, 4) is 5.75 Å². The second-order valence-corrected chi connectivity index (χ2v) is 4.93. The molecule has 1 aliphatic rings. The number of alkyl carbamates (subject to hydrolysis) is 1. The summed E-state index contributed by atoms with van der Waals surface area (Å²) in [6.45, 7) is 2.52. The van der Waals surface area contributed by atoms with Crippen LogP contribution in [0.25, 0.3) is 0 Å². The van der Waals surface area contributed by atoms with Gasteiger partial charge in [0, 0.05) is 43.0 Å². The van der Waals surface area contributed by atoms with E-state index in [0.717, 1.165) is 37.4 Å². The number of nitrogens with two attached hydrogens (primary N) is 1. The lowest BCUT2D eigenvalue weighted by molar-refractivity contribution is 0.166. The molecule has 0 spiro atoms. The van der Waals surface area contributed by atoms with Gasteiger partial charge in [0.2, 0.25) is 0 Å². The van der Waals surface area contributed by atoms with Crippen LogP contribution in [0.4, 0.5) is 10.5 Å². The van der Waals surface area contributed by atoms with Gasteiger partial charge in [-0.05, 0) is 12.5 Å². The van der Waals surface area contributed by atoms with E-state index in [2.05, 4.69) is 15.0 Å². The second-order valence-electron chi connectivity index (χ2n) is 4.93. The Morgan fingerprint density at radius 3 is 3.00 bits per heavy atom. The lowest BCUT2D eigenvalue weighted by atomic mass is 10.1. The number of carbonyl (C=O) groups excluding carboxylic acids is 1. The molecule has 1 aliphatic heterocycles. The highest BCUT2D eigenvalue weighted by Crippen LogP contribution is 2.24. The van der Waals surface area contributed by atoms with Gasteiger partial charge in [0.1, 0.15) is 5.75 Å². The zero-order chi connectivity index (χ0) is 14.5. The number of methoxy groups -OCH3 is 2. The SMILES string of the molecule is COC(=O)NC1CCN(Cc2ccc(N)cc2OC)C1. The summed E-state index contributed by atoms with van der Waals surface area (Å²) in [5, 5.41) is 2.83. The Bertz CT molecular complexity index is 479. The third-order valence-corrected chi connectivity index (χ3v) is 3.48. The van der Waals surface area contributed by atoms with Crippen molar-refractivity contribution in [3.05, 3.63) is 23.8 Å². The van der Waals surface area contributed by atoms with Crippen molar-refractivity contribution < 1.29 is 14.3 Å². The first kappa shape index (κ1) is 14.5. The fraction of sp³-hybridized carbons (Fsp3) is 0.500. The smallest absolute Gasteiger partial charge is 0.407 e. The predicted molar refractivity (Wildman–Crippen MR) is 76.6 cm³/mol. The summed E-state index contributed by atoms with van der Waals surface area (Å²) in [6, 6.07) is 5.82. The number of hydrogen-bond donors (Lipinski definition) is 2. The van der Waals surface area contributed by atoms with Crippen molar-refractivity contribution in [1.82, 2.24) is 10.2 Å². The lowest BCUT2D eigenvalue weighted by Crippen LogP contribution is -2.36. The summed E-state index contributed by atoms with van der Waals surface area (Å²) in [5.74, 6) is 0.800. The molecule has 0 radical (unpaired) electrons. The fourth-order valence-electron chi connectivity index (χ4n) is 2.45. The molecule has 0 bridgehead atoms. The van der Waals surface area contributed by atoms with Gasteiger partial charge in [0.25, 0.3) is 0 Å². The standard InChI is InChI=1S/C14H21N3O3/c1-19-13-7-11(15)4-3-10(13)8-17-6-5-12(9-17)16-14(18)20-2/h3-4,7,12H,5-6,8-9,15H2,1-2H3,(H,16,18). The molecule has 1 atom stereocenters. The van der Waals surface area contributed by atoms with Crippen molar-refractivity contribution >= 4 is 11.8 Å². The van der Waals surface area contributed by atoms with E-state index in [1.165, 1.54) is 7.11 Å². The molecule has 1 saturated heterocycles. The molecular formula is C14H21N3O3. The van der Waals surface area contributed by atoms with Crippen LogP contribution >= 0.6 is 0 Å². The molecule has 1 amide bonds. The van der Waals surface area contributed by atoms with Crippen molar-refractivity contribution in [2.45, 2.75) is 19.0 Å². The summed E-state index contributed by atoms with van der Waals surface area (Å²) in [6.07, 6.45) is 0.550. The molecule has 20 heavy (non-hydrogen) atoms.